The minimum absolute atomic E-state index is 0.0144. The lowest BCUT2D eigenvalue weighted by atomic mass is 9.82. The molecule has 0 unspecified atom stereocenters. The van der Waals surface area contributed by atoms with Gasteiger partial charge in [0.25, 0.3) is 0 Å². The zero-order valence-corrected chi connectivity index (χ0v) is 9.88. The summed E-state index contributed by atoms with van der Waals surface area (Å²) >= 11 is 0. The Morgan fingerprint density at radius 2 is 1.71 bits per heavy atom. The normalized spacial score (nSPS) is 20.2. The summed E-state index contributed by atoms with van der Waals surface area (Å²) in [4.78, 5) is 12.1. The Balaban J connectivity index is 2.04. The van der Waals surface area contributed by atoms with Crippen molar-refractivity contribution in [2.24, 2.45) is 5.92 Å². The molecule has 0 bridgehead atoms. The molecule has 0 amide bonds. The molecule has 2 rings (SSSR count). The first-order valence-electron chi connectivity index (χ1n) is 5.97. The second-order valence-electron chi connectivity index (χ2n) is 4.86. The maximum atomic E-state index is 13.0. The van der Waals surface area contributed by atoms with Crippen molar-refractivity contribution < 1.29 is 13.6 Å². The Kier molecular flexibility index (Phi) is 3.27. The van der Waals surface area contributed by atoms with Gasteiger partial charge in [0.2, 0.25) is 5.92 Å². The molecule has 3 heteroatoms. The van der Waals surface area contributed by atoms with Gasteiger partial charge in [-0.1, -0.05) is 29.8 Å². The van der Waals surface area contributed by atoms with Crippen LogP contribution in [0, 0.1) is 12.8 Å². The monoisotopic (exact) mass is 238 g/mol. The third-order valence-corrected chi connectivity index (χ3v) is 3.42. The van der Waals surface area contributed by atoms with Crippen LogP contribution in [0.3, 0.4) is 0 Å². The number of carbonyl (C=O) groups excluding carboxylic acids is 1. The van der Waals surface area contributed by atoms with E-state index in [-0.39, 0.29) is 24.5 Å². The minimum Gasteiger partial charge on any atom is -0.294 e. The number of Topliss-reactive ketones (excluding diaryl/α,β-unsaturated/α-hetero) is 1. The maximum absolute atomic E-state index is 13.0. The van der Waals surface area contributed by atoms with Crippen molar-refractivity contribution in [3.05, 3.63) is 35.4 Å². The van der Waals surface area contributed by atoms with Gasteiger partial charge < -0.3 is 0 Å². The van der Waals surface area contributed by atoms with Gasteiger partial charge in [0.1, 0.15) is 0 Å². The Labute approximate surface area is 99.8 Å². The first kappa shape index (κ1) is 12.2. The fourth-order valence-electron chi connectivity index (χ4n) is 2.26. The van der Waals surface area contributed by atoms with Crippen LogP contribution in [0.1, 0.15) is 41.6 Å². The lowest BCUT2D eigenvalue weighted by molar-refractivity contribution is -0.0424. The summed E-state index contributed by atoms with van der Waals surface area (Å²) in [5, 5.41) is 0. The number of halogens is 2. The summed E-state index contributed by atoms with van der Waals surface area (Å²) < 4.78 is 26.0. The van der Waals surface area contributed by atoms with E-state index in [1.807, 2.05) is 19.1 Å². The van der Waals surface area contributed by atoms with Crippen LogP contribution in [0.2, 0.25) is 0 Å². The second kappa shape index (κ2) is 4.55. The van der Waals surface area contributed by atoms with Crippen LogP contribution in [-0.4, -0.2) is 11.7 Å². The molecular weight excluding hydrogens is 222 g/mol. The maximum Gasteiger partial charge on any atom is 0.248 e. The molecule has 1 aliphatic carbocycles. The second-order valence-corrected chi connectivity index (χ2v) is 4.86. The molecule has 17 heavy (non-hydrogen) atoms. The Morgan fingerprint density at radius 3 is 2.24 bits per heavy atom. The number of rotatable bonds is 2. The highest BCUT2D eigenvalue weighted by Gasteiger charge is 2.37. The van der Waals surface area contributed by atoms with Crippen molar-refractivity contribution in [1.29, 1.82) is 0 Å². The van der Waals surface area contributed by atoms with Crippen molar-refractivity contribution in [3.63, 3.8) is 0 Å². The molecule has 1 aromatic carbocycles. The molecule has 0 radical (unpaired) electrons. The Bertz CT molecular complexity index is 399. The van der Waals surface area contributed by atoms with E-state index in [4.69, 9.17) is 0 Å². The van der Waals surface area contributed by atoms with Crippen molar-refractivity contribution >= 4 is 5.78 Å². The van der Waals surface area contributed by atoms with E-state index >= 15 is 0 Å². The first-order valence-corrected chi connectivity index (χ1v) is 5.97. The lowest BCUT2D eigenvalue weighted by Gasteiger charge is -2.27. The SMILES string of the molecule is Cc1ccc(C(=O)C2CCC(F)(F)CC2)cc1. The molecule has 1 aliphatic rings. The van der Waals surface area contributed by atoms with Crippen LogP contribution in [-0.2, 0) is 0 Å². The molecular formula is C14H16F2O. The zero-order valence-electron chi connectivity index (χ0n) is 9.88. The van der Waals surface area contributed by atoms with Gasteiger partial charge in [-0.2, -0.15) is 0 Å². The third kappa shape index (κ3) is 2.90. The third-order valence-electron chi connectivity index (χ3n) is 3.42. The van der Waals surface area contributed by atoms with Gasteiger partial charge in [-0.25, -0.2) is 8.78 Å². The summed E-state index contributed by atoms with van der Waals surface area (Å²) in [6, 6.07) is 7.32. The first-order chi connectivity index (χ1) is 7.98. The smallest absolute Gasteiger partial charge is 0.248 e. The van der Waals surface area contributed by atoms with Gasteiger partial charge in [0.05, 0.1) is 0 Å². The largest absolute Gasteiger partial charge is 0.294 e. The summed E-state index contributed by atoms with van der Waals surface area (Å²) in [5.74, 6) is -2.78. The average molecular weight is 238 g/mol. The molecule has 0 saturated heterocycles. The van der Waals surface area contributed by atoms with E-state index in [1.54, 1.807) is 12.1 Å². The van der Waals surface area contributed by atoms with Crippen molar-refractivity contribution in [2.75, 3.05) is 0 Å². The highest BCUT2D eigenvalue weighted by molar-refractivity contribution is 5.97. The van der Waals surface area contributed by atoms with Crippen LogP contribution < -0.4 is 0 Å². The quantitative estimate of drug-likeness (QED) is 0.712. The van der Waals surface area contributed by atoms with Gasteiger partial charge in [-0.05, 0) is 19.8 Å². The van der Waals surface area contributed by atoms with Crippen molar-refractivity contribution in [1.82, 2.24) is 0 Å². The summed E-state index contributed by atoms with van der Waals surface area (Å²) in [5.41, 5.74) is 1.74. The van der Waals surface area contributed by atoms with Gasteiger partial charge in [-0.3, -0.25) is 4.79 Å². The number of carbonyl (C=O) groups is 1. The number of benzene rings is 1. The van der Waals surface area contributed by atoms with E-state index in [2.05, 4.69) is 0 Å². The van der Waals surface area contributed by atoms with Crippen LogP contribution in [0.25, 0.3) is 0 Å². The molecule has 0 aromatic heterocycles. The minimum atomic E-state index is -2.57. The molecule has 92 valence electrons. The molecule has 0 atom stereocenters. The molecule has 0 N–H and O–H groups in total. The number of aryl methyl sites for hydroxylation is 1. The summed E-state index contributed by atoms with van der Waals surface area (Å²) in [7, 11) is 0. The number of ketones is 1. The topological polar surface area (TPSA) is 17.1 Å². The fraction of sp³-hybridized carbons (Fsp3) is 0.500. The van der Waals surface area contributed by atoms with Crippen LogP contribution >= 0.6 is 0 Å². The summed E-state index contributed by atoms with van der Waals surface area (Å²) in [6.07, 6.45) is 0.296. The standard InChI is InChI=1S/C14H16F2O/c1-10-2-4-11(5-3-10)13(17)12-6-8-14(15,16)9-7-12/h2-5,12H,6-9H2,1H3. The highest BCUT2D eigenvalue weighted by Crippen LogP contribution is 2.37. The number of hydrogen-bond donors (Lipinski definition) is 0. The molecule has 0 spiro atoms. The molecule has 1 aromatic rings. The fourth-order valence-corrected chi connectivity index (χ4v) is 2.26. The van der Waals surface area contributed by atoms with Gasteiger partial charge in [-0.15, -0.1) is 0 Å². The molecule has 1 nitrogen and oxygen atoms in total. The molecule has 1 fully saturated rings. The van der Waals surface area contributed by atoms with Gasteiger partial charge in [0.15, 0.2) is 5.78 Å². The molecule has 0 aliphatic heterocycles. The Hall–Kier alpha value is -1.25. The van der Waals surface area contributed by atoms with Crippen LogP contribution in [0.5, 0.6) is 0 Å². The Morgan fingerprint density at radius 1 is 1.18 bits per heavy atom. The highest BCUT2D eigenvalue weighted by atomic mass is 19.3. The van der Waals surface area contributed by atoms with Gasteiger partial charge >= 0.3 is 0 Å². The predicted molar refractivity (Wildman–Crippen MR) is 62.4 cm³/mol. The van der Waals surface area contributed by atoms with E-state index < -0.39 is 5.92 Å². The van der Waals surface area contributed by atoms with Crippen molar-refractivity contribution in [2.45, 2.75) is 38.5 Å². The molecule has 0 heterocycles. The van der Waals surface area contributed by atoms with Gasteiger partial charge in [0, 0.05) is 24.3 Å². The average Bonchev–Trinajstić information content (AvgIpc) is 2.29. The summed E-state index contributed by atoms with van der Waals surface area (Å²) in [6.45, 7) is 1.95. The zero-order chi connectivity index (χ0) is 12.5. The predicted octanol–water partition coefficient (Wildman–Crippen LogP) is 4.00. The molecule has 1 saturated carbocycles. The number of alkyl halides is 2. The van der Waals surface area contributed by atoms with E-state index in [0.29, 0.717) is 18.4 Å². The van der Waals surface area contributed by atoms with E-state index in [0.717, 1.165) is 5.56 Å². The van der Waals surface area contributed by atoms with Crippen LogP contribution in [0.15, 0.2) is 24.3 Å². The van der Waals surface area contributed by atoms with E-state index in [9.17, 15) is 13.6 Å². The van der Waals surface area contributed by atoms with E-state index in [1.165, 1.54) is 0 Å². The lowest BCUT2D eigenvalue weighted by Crippen LogP contribution is -2.28. The van der Waals surface area contributed by atoms with Crippen molar-refractivity contribution in [3.8, 4) is 0 Å². The number of hydrogen-bond acceptors (Lipinski definition) is 1. The van der Waals surface area contributed by atoms with Crippen LogP contribution in [0.4, 0.5) is 8.78 Å².